The number of hydrogen-bond donors (Lipinski definition) is 6. The van der Waals surface area contributed by atoms with Crippen LogP contribution >= 0.6 is 15.2 Å². The Morgan fingerprint density at radius 1 is 1.12 bits per heavy atom. The molecule has 0 spiro atoms. The number of hydrogen-bond acceptors (Lipinski definition) is 4. The molecule has 2 atom stereocenters. The summed E-state index contributed by atoms with van der Waals surface area (Å²) >= 11 is 0. The Bertz CT molecular complexity index is 310. The van der Waals surface area contributed by atoms with Crippen molar-refractivity contribution in [3.63, 3.8) is 0 Å². The molecule has 0 aromatic heterocycles. The molecular weight excluding hydrogens is 260 g/mol. The van der Waals surface area contributed by atoms with Gasteiger partial charge in [0.25, 0.3) is 5.08 Å². The Morgan fingerprint density at radius 2 is 1.44 bits per heavy atom. The van der Waals surface area contributed by atoms with Gasteiger partial charge >= 0.3 is 15.2 Å². The van der Waals surface area contributed by atoms with Crippen molar-refractivity contribution in [2.24, 2.45) is 11.7 Å². The highest BCUT2D eigenvalue weighted by atomic mass is 31.2. The fourth-order valence-electron chi connectivity index (χ4n) is 1.46. The van der Waals surface area contributed by atoms with Gasteiger partial charge in [0.15, 0.2) is 0 Å². The lowest BCUT2D eigenvalue weighted by Crippen LogP contribution is -2.38. The molecule has 0 aliphatic rings. The molecule has 0 fully saturated rings. The van der Waals surface area contributed by atoms with Gasteiger partial charge in [0.1, 0.15) is 0 Å². The van der Waals surface area contributed by atoms with E-state index in [1.165, 1.54) is 6.92 Å². The summed E-state index contributed by atoms with van der Waals surface area (Å²) in [5.74, 6) is -1.34. The molecule has 0 heterocycles. The van der Waals surface area contributed by atoms with Crippen molar-refractivity contribution < 1.29 is 33.8 Å². The number of nitrogens with two attached hydrogens (primary N) is 1. The molecule has 2 unspecified atom stereocenters. The van der Waals surface area contributed by atoms with Crippen molar-refractivity contribution in [1.29, 1.82) is 0 Å². The van der Waals surface area contributed by atoms with Gasteiger partial charge in [-0.05, 0) is 13.3 Å². The van der Waals surface area contributed by atoms with E-state index >= 15 is 0 Å². The van der Waals surface area contributed by atoms with Gasteiger partial charge in [0.05, 0.1) is 0 Å². The van der Waals surface area contributed by atoms with Crippen LogP contribution in [0.5, 0.6) is 0 Å². The predicted molar refractivity (Wildman–Crippen MR) is 56.5 cm³/mol. The third-order valence-electron chi connectivity index (χ3n) is 2.24. The van der Waals surface area contributed by atoms with Crippen LogP contribution in [0.25, 0.3) is 0 Å². The summed E-state index contributed by atoms with van der Waals surface area (Å²) in [5.41, 5.74) is 5.36. The molecule has 0 aliphatic heterocycles. The molecule has 0 saturated heterocycles. The third-order valence-corrected chi connectivity index (χ3v) is 6.40. The smallest absolute Gasteiger partial charge is 0.367 e. The minimum atomic E-state index is -5.38. The van der Waals surface area contributed by atoms with E-state index in [2.05, 4.69) is 0 Å². The molecule has 8 nitrogen and oxygen atoms in total. The van der Waals surface area contributed by atoms with Gasteiger partial charge in [0.2, 0.25) is 0 Å². The van der Waals surface area contributed by atoms with Crippen LogP contribution in [-0.4, -0.2) is 35.8 Å². The van der Waals surface area contributed by atoms with E-state index in [1.54, 1.807) is 0 Å². The van der Waals surface area contributed by atoms with Crippen LogP contribution in [0, 0.1) is 5.92 Å². The van der Waals surface area contributed by atoms with Crippen molar-refractivity contribution in [2.45, 2.75) is 31.4 Å². The zero-order valence-corrected chi connectivity index (χ0v) is 10.7. The van der Waals surface area contributed by atoms with Gasteiger partial charge < -0.3 is 30.4 Å². The topological polar surface area (TPSA) is 161 Å². The molecule has 0 rings (SSSR count). The van der Waals surface area contributed by atoms with E-state index in [4.69, 9.17) is 25.3 Å². The molecule has 0 aliphatic carbocycles. The highest BCUT2D eigenvalue weighted by molar-refractivity contribution is 7.72. The Hall–Kier alpha value is 0.220. The molecule has 0 saturated carbocycles. The van der Waals surface area contributed by atoms with Gasteiger partial charge in [-0.2, -0.15) is 0 Å². The molecule has 10 heteroatoms. The third kappa shape index (κ3) is 3.12. The maximum atomic E-state index is 11.0. The summed E-state index contributed by atoms with van der Waals surface area (Å²) in [6, 6.07) is -0.556. The maximum Gasteiger partial charge on any atom is 0.369 e. The SMILES string of the molecule is CC(N)CC(C)C(O)(P(=O)(O)O)P(=O)(O)O. The van der Waals surface area contributed by atoms with Gasteiger partial charge in [-0.3, -0.25) is 9.13 Å². The summed E-state index contributed by atoms with van der Waals surface area (Å²) in [4.78, 5) is 35.5. The van der Waals surface area contributed by atoms with E-state index in [0.29, 0.717) is 0 Å². The van der Waals surface area contributed by atoms with Crippen LogP contribution in [-0.2, 0) is 9.13 Å². The largest absolute Gasteiger partial charge is 0.369 e. The second-order valence-corrected chi connectivity index (χ2v) is 7.78. The Balaban J connectivity index is 5.45. The summed E-state index contributed by atoms with van der Waals surface area (Å²) in [6.45, 7) is 2.62. The number of aliphatic hydroxyl groups is 1. The molecule has 0 amide bonds. The highest BCUT2D eigenvalue weighted by Gasteiger charge is 2.62. The van der Waals surface area contributed by atoms with Crippen molar-refractivity contribution in [3.8, 4) is 0 Å². The molecule has 98 valence electrons. The monoisotopic (exact) mass is 277 g/mol. The normalized spacial score (nSPS) is 18.2. The van der Waals surface area contributed by atoms with E-state index in [0.717, 1.165) is 6.92 Å². The Labute approximate surface area is 92.8 Å². The van der Waals surface area contributed by atoms with Crippen LogP contribution in [0.3, 0.4) is 0 Å². The summed E-state index contributed by atoms with van der Waals surface area (Å²) in [7, 11) is -10.8. The molecule has 0 bridgehead atoms. The fourth-order valence-corrected chi connectivity index (χ4v) is 4.18. The molecule has 0 aromatic carbocycles. The average molecular weight is 277 g/mol. The summed E-state index contributed by atoms with van der Waals surface area (Å²) in [5, 5.41) is 6.24. The highest BCUT2D eigenvalue weighted by Crippen LogP contribution is 2.70. The van der Waals surface area contributed by atoms with Crippen LogP contribution in [0.1, 0.15) is 20.3 Å². The first-order valence-corrected chi connectivity index (χ1v) is 7.65. The first-order chi connectivity index (χ1) is 6.84. The lowest BCUT2D eigenvalue weighted by Gasteiger charge is -2.35. The number of rotatable bonds is 5. The molecule has 0 aromatic rings. The van der Waals surface area contributed by atoms with Crippen molar-refractivity contribution >= 4 is 15.2 Å². The Morgan fingerprint density at radius 3 is 1.62 bits per heavy atom. The second kappa shape index (κ2) is 4.84. The first-order valence-electron chi connectivity index (χ1n) is 4.43. The van der Waals surface area contributed by atoms with Crippen molar-refractivity contribution in [1.82, 2.24) is 0 Å². The molecule has 7 N–H and O–H groups in total. The van der Waals surface area contributed by atoms with E-state index in [-0.39, 0.29) is 6.42 Å². The lowest BCUT2D eigenvalue weighted by atomic mass is 10.0. The van der Waals surface area contributed by atoms with E-state index < -0.39 is 32.2 Å². The molecule has 16 heavy (non-hydrogen) atoms. The van der Waals surface area contributed by atoms with Gasteiger partial charge in [-0.15, -0.1) is 0 Å². The molecular formula is C6H17NO7P2. The zero-order valence-electron chi connectivity index (χ0n) is 8.89. The Kier molecular flexibility index (Phi) is 4.91. The second-order valence-electron chi connectivity index (χ2n) is 3.89. The van der Waals surface area contributed by atoms with Crippen LogP contribution in [0.4, 0.5) is 0 Å². The lowest BCUT2D eigenvalue weighted by molar-refractivity contribution is 0.0795. The predicted octanol–water partition coefficient (Wildman–Crippen LogP) is -0.639. The van der Waals surface area contributed by atoms with Crippen LogP contribution < -0.4 is 5.73 Å². The van der Waals surface area contributed by atoms with Gasteiger partial charge in [0, 0.05) is 12.0 Å². The van der Waals surface area contributed by atoms with Gasteiger partial charge in [-0.1, -0.05) is 6.92 Å². The standard InChI is InChI=1S/C6H17NO7P2/c1-4(3-5(2)7)6(8,15(9,10)11)16(12,13)14/h4-5,8H,3,7H2,1-2H3,(H2,9,10,11)(H2,12,13,14). The zero-order chi connectivity index (χ0) is 13.4. The van der Waals surface area contributed by atoms with Crippen molar-refractivity contribution in [2.75, 3.05) is 0 Å². The van der Waals surface area contributed by atoms with Crippen LogP contribution in [0.2, 0.25) is 0 Å². The first kappa shape index (κ1) is 16.2. The quantitative estimate of drug-likeness (QED) is 0.361. The fraction of sp³-hybridized carbons (Fsp3) is 1.00. The van der Waals surface area contributed by atoms with Crippen molar-refractivity contribution in [3.05, 3.63) is 0 Å². The van der Waals surface area contributed by atoms with Gasteiger partial charge in [-0.25, -0.2) is 0 Å². The van der Waals surface area contributed by atoms with E-state index in [1.807, 2.05) is 0 Å². The van der Waals surface area contributed by atoms with E-state index in [9.17, 15) is 14.2 Å². The van der Waals surface area contributed by atoms with Crippen LogP contribution in [0.15, 0.2) is 0 Å². The molecule has 0 radical (unpaired) electrons. The average Bonchev–Trinajstić information content (AvgIpc) is 1.96. The minimum Gasteiger partial charge on any atom is -0.367 e. The summed E-state index contributed by atoms with van der Waals surface area (Å²) < 4.78 is 22.1. The summed E-state index contributed by atoms with van der Waals surface area (Å²) in [6.07, 6.45) is -0.132. The minimum absolute atomic E-state index is 0.132. The maximum absolute atomic E-state index is 11.0.